The first-order valence-corrected chi connectivity index (χ1v) is 7.23. The van der Waals surface area contributed by atoms with Crippen LogP contribution in [0.25, 0.3) is 0 Å². The van der Waals surface area contributed by atoms with E-state index >= 15 is 0 Å². The molecule has 0 fully saturated rings. The summed E-state index contributed by atoms with van der Waals surface area (Å²) in [4.78, 5) is 17.9. The van der Waals surface area contributed by atoms with Crippen molar-refractivity contribution >= 4 is 35.1 Å². The number of aliphatic imine (C=N–C) groups is 1. The number of carbonyl (C=O) groups is 1. The lowest BCUT2D eigenvalue weighted by molar-refractivity contribution is 0.0839. The molecule has 1 heterocycles. The van der Waals surface area contributed by atoms with Gasteiger partial charge in [-0.25, -0.2) is 0 Å². The SMILES string of the molecule is O=C(c1ccc(Nc2ccccc2)cc1Cl)N1C=CN=CC1. The van der Waals surface area contributed by atoms with Gasteiger partial charge in [0.2, 0.25) is 0 Å². The predicted octanol–water partition coefficient (Wildman–Crippen LogP) is 4.08. The van der Waals surface area contributed by atoms with Crippen LogP contribution in [0.4, 0.5) is 11.4 Å². The summed E-state index contributed by atoms with van der Waals surface area (Å²) >= 11 is 6.26. The minimum absolute atomic E-state index is 0.140. The van der Waals surface area contributed by atoms with E-state index < -0.39 is 0 Å². The maximum absolute atomic E-state index is 12.4. The van der Waals surface area contributed by atoms with E-state index in [1.165, 1.54) is 0 Å². The number of carbonyl (C=O) groups excluding carboxylic acids is 1. The van der Waals surface area contributed by atoms with E-state index in [1.54, 1.807) is 35.6 Å². The molecule has 22 heavy (non-hydrogen) atoms. The molecule has 0 saturated carbocycles. The molecule has 0 saturated heterocycles. The highest BCUT2D eigenvalue weighted by molar-refractivity contribution is 6.34. The van der Waals surface area contributed by atoms with Crippen LogP contribution in [0.15, 0.2) is 65.9 Å². The zero-order valence-corrected chi connectivity index (χ0v) is 12.5. The quantitative estimate of drug-likeness (QED) is 0.928. The molecule has 2 aromatic rings. The second-order valence-corrected chi connectivity index (χ2v) is 5.18. The number of hydrogen-bond donors (Lipinski definition) is 1. The van der Waals surface area contributed by atoms with Crippen molar-refractivity contribution in [2.24, 2.45) is 4.99 Å². The molecule has 1 aliphatic heterocycles. The molecule has 0 bridgehead atoms. The third kappa shape index (κ3) is 3.18. The smallest absolute Gasteiger partial charge is 0.259 e. The number of nitrogens with one attached hydrogen (secondary N) is 1. The van der Waals surface area contributed by atoms with Gasteiger partial charge in [-0.15, -0.1) is 0 Å². The highest BCUT2D eigenvalue weighted by atomic mass is 35.5. The molecule has 0 unspecified atom stereocenters. The van der Waals surface area contributed by atoms with Gasteiger partial charge in [0.05, 0.1) is 17.1 Å². The zero-order valence-electron chi connectivity index (χ0n) is 11.7. The lowest BCUT2D eigenvalue weighted by Crippen LogP contribution is -2.29. The molecule has 5 heteroatoms. The molecule has 110 valence electrons. The third-order valence-electron chi connectivity index (χ3n) is 3.24. The average Bonchev–Trinajstić information content (AvgIpc) is 2.56. The Hall–Kier alpha value is -2.59. The number of benzene rings is 2. The minimum Gasteiger partial charge on any atom is -0.355 e. The molecule has 1 aliphatic rings. The van der Waals surface area contributed by atoms with E-state index in [-0.39, 0.29) is 5.91 Å². The molecule has 3 rings (SSSR count). The Labute approximate surface area is 133 Å². The Morgan fingerprint density at radius 1 is 1.14 bits per heavy atom. The largest absolute Gasteiger partial charge is 0.355 e. The van der Waals surface area contributed by atoms with Crippen LogP contribution in [0.2, 0.25) is 5.02 Å². The second kappa shape index (κ2) is 6.45. The summed E-state index contributed by atoms with van der Waals surface area (Å²) < 4.78 is 0. The number of halogens is 1. The maximum Gasteiger partial charge on any atom is 0.259 e. The van der Waals surface area contributed by atoms with Crippen molar-refractivity contribution in [3.8, 4) is 0 Å². The van der Waals surface area contributed by atoms with Crippen LogP contribution < -0.4 is 5.32 Å². The molecular weight excluding hydrogens is 298 g/mol. The topological polar surface area (TPSA) is 44.7 Å². The van der Waals surface area contributed by atoms with Crippen LogP contribution in [0.5, 0.6) is 0 Å². The van der Waals surface area contributed by atoms with Crippen LogP contribution in [0.1, 0.15) is 10.4 Å². The van der Waals surface area contributed by atoms with Gasteiger partial charge in [0.15, 0.2) is 0 Å². The number of nitrogens with zero attached hydrogens (tertiary/aromatic N) is 2. The standard InChI is InChI=1S/C17H14ClN3O/c18-16-12-14(20-13-4-2-1-3-5-13)6-7-15(16)17(22)21-10-8-19-9-11-21/h1-10,12,20H,11H2. The predicted molar refractivity (Wildman–Crippen MR) is 89.8 cm³/mol. The maximum atomic E-state index is 12.4. The van der Waals surface area contributed by atoms with E-state index in [4.69, 9.17) is 11.6 Å². The summed E-state index contributed by atoms with van der Waals surface area (Å²) in [7, 11) is 0. The molecule has 2 aromatic carbocycles. The van der Waals surface area contributed by atoms with Crippen molar-refractivity contribution in [2.45, 2.75) is 0 Å². The van der Waals surface area contributed by atoms with Crippen molar-refractivity contribution < 1.29 is 4.79 Å². The molecule has 4 nitrogen and oxygen atoms in total. The van der Waals surface area contributed by atoms with Crippen molar-refractivity contribution in [3.63, 3.8) is 0 Å². The van der Waals surface area contributed by atoms with Gasteiger partial charge in [-0.05, 0) is 30.3 Å². The number of amides is 1. The molecule has 1 amide bonds. The summed E-state index contributed by atoms with van der Waals surface area (Å²) in [6, 6.07) is 15.1. The average molecular weight is 312 g/mol. The molecule has 0 spiro atoms. The Morgan fingerprint density at radius 2 is 1.95 bits per heavy atom. The molecule has 0 radical (unpaired) electrons. The Kier molecular flexibility index (Phi) is 4.21. The first-order chi connectivity index (χ1) is 10.7. The van der Waals surface area contributed by atoms with Crippen LogP contribution in [0.3, 0.4) is 0 Å². The van der Waals surface area contributed by atoms with Gasteiger partial charge in [0.1, 0.15) is 0 Å². The third-order valence-corrected chi connectivity index (χ3v) is 3.55. The van der Waals surface area contributed by atoms with E-state index in [0.29, 0.717) is 17.1 Å². The van der Waals surface area contributed by atoms with Crippen molar-refractivity contribution in [1.29, 1.82) is 0 Å². The summed E-state index contributed by atoms with van der Waals surface area (Å²) in [5.74, 6) is -0.140. The van der Waals surface area contributed by atoms with Crippen molar-refractivity contribution in [1.82, 2.24) is 4.90 Å². The van der Waals surface area contributed by atoms with Gasteiger partial charge in [-0.3, -0.25) is 9.79 Å². The van der Waals surface area contributed by atoms with Gasteiger partial charge in [0.25, 0.3) is 5.91 Å². The van der Waals surface area contributed by atoms with Gasteiger partial charge < -0.3 is 10.2 Å². The van der Waals surface area contributed by atoms with E-state index in [0.717, 1.165) is 11.4 Å². The van der Waals surface area contributed by atoms with Gasteiger partial charge in [0, 0.05) is 30.0 Å². The summed E-state index contributed by atoms with van der Waals surface area (Å²) in [5.41, 5.74) is 2.27. The van der Waals surface area contributed by atoms with E-state index in [2.05, 4.69) is 10.3 Å². The normalized spacial score (nSPS) is 13.2. The number of anilines is 2. The van der Waals surface area contributed by atoms with Crippen molar-refractivity contribution in [3.05, 3.63) is 71.5 Å². The van der Waals surface area contributed by atoms with Gasteiger partial charge in [-0.2, -0.15) is 0 Å². The number of para-hydroxylation sites is 1. The van der Waals surface area contributed by atoms with Crippen molar-refractivity contribution in [2.75, 3.05) is 11.9 Å². The lowest BCUT2D eigenvalue weighted by atomic mass is 10.1. The summed E-state index contributed by atoms with van der Waals surface area (Å²) in [5, 5.41) is 3.66. The van der Waals surface area contributed by atoms with Crippen LogP contribution in [-0.4, -0.2) is 23.6 Å². The molecule has 1 N–H and O–H groups in total. The molecule has 0 atom stereocenters. The number of hydrogen-bond acceptors (Lipinski definition) is 3. The number of rotatable bonds is 3. The first kappa shape index (κ1) is 14.4. The fourth-order valence-electron chi connectivity index (χ4n) is 2.14. The summed E-state index contributed by atoms with van der Waals surface area (Å²) in [6.07, 6.45) is 4.91. The van der Waals surface area contributed by atoms with Crippen LogP contribution in [-0.2, 0) is 0 Å². The minimum atomic E-state index is -0.140. The molecular formula is C17H14ClN3O. The highest BCUT2D eigenvalue weighted by Crippen LogP contribution is 2.25. The van der Waals surface area contributed by atoms with E-state index in [9.17, 15) is 4.79 Å². The lowest BCUT2D eigenvalue weighted by Gasteiger charge is -2.18. The highest BCUT2D eigenvalue weighted by Gasteiger charge is 2.17. The zero-order chi connectivity index (χ0) is 15.4. The Bertz CT molecular complexity index is 741. The van der Waals surface area contributed by atoms with Crippen LogP contribution >= 0.6 is 11.6 Å². The second-order valence-electron chi connectivity index (χ2n) is 4.77. The molecule has 0 aromatic heterocycles. The van der Waals surface area contributed by atoms with Gasteiger partial charge in [-0.1, -0.05) is 29.8 Å². The Balaban J connectivity index is 1.79. The van der Waals surface area contributed by atoms with Gasteiger partial charge >= 0.3 is 0 Å². The fourth-order valence-corrected chi connectivity index (χ4v) is 2.40. The molecule has 0 aliphatic carbocycles. The van der Waals surface area contributed by atoms with E-state index in [1.807, 2.05) is 36.4 Å². The first-order valence-electron chi connectivity index (χ1n) is 6.85. The monoisotopic (exact) mass is 311 g/mol. The summed E-state index contributed by atoms with van der Waals surface area (Å²) in [6.45, 7) is 0.454. The van der Waals surface area contributed by atoms with Crippen LogP contribution in [0, 0.1) is 0 Å². The Morgan fingerprint density at radius 3 is 2.64 bits per heavy atom. The fraction of sp³-hybridized carbons (Fsp3) is 0.0588.